The Bertz CT molecular complexity index is 909. The van der Waals surface area contributed by atoms with Crippen LogP contribution in [-0.4, -0.2) is 35.2 Å². The minimum absolute atomic E-state index is 0.00892. The molecule has 0 fully saturated rings. The lowest BCUT2D eigenvalue weighted by Gasteiger charge is -2.43. The Morgan fingerprint density at radius 2 is 1.12 bits per heavy atom. The summed E-state index contributed by atoms with van der Waals surface area (Å²) in [6.07, 6.45) is 0. The third kappa shape index (κ3) is 6.17. The van der Waals surface area contributed by atoms with E-state index in [1.165, 1.54) is 0 Å². The van der Waals surface area contributed by atoms with Crippen LogP contribution in [0.3, 0.4) is 0 Å². The number of para-hydroxylation sites is 2. The van der Waals surface area contributed by atoms with Crippen LogP contribution >= 0.6 is 0 Å². The summed E-state index contributed by atoms with van der Waals surface area (Å²) in [7, 11) is -1.00. The molecule has 5 heteroatoms. The van der Waals surface area contributed by atoms with Crippen LogP contribution in [0.25, 0.3) is 0 Å². The van der Waals surface area contributed by atoms with Gasteiger partial charge in [-0.15, -0.1) is 0 Å². The lowest BCUT2D eigenvalue weighted by atomic mass is 9.72. The predicted octanol–water partition coefficient (Wildman–Crippen LogP) is 6.24. The van der Waals surface area contributed by atoms with E-state index < -0.39 is 18.7 Å². The first-order valence-corrected chi connectivity index (χ1v) is 11.6. The van der Waals surface area contributed by atoms with Crippen LogP contribution in [0.15, 0.2) is 46.4 Å². The Kier molecular flexibility index (Phi) is 8.24. The van der Waals surface area contributed by atoms with Crippen LogP contribution in [0.4, 0.5) is 11.4 Å². The Morgan fingerprint density at radius 1 is 0.781 bits per heavy atom. The minimum Gasteiger partial charge on any atom is -0.589 e. The molecule has 2 aromatic rings. The fourth-order valence-corrected chi connectivity index (χ4v) is 3.82. The lowest BCUT2D eigenvalue weighted by Crippen LogP contribution is -2.49. The van der Waals surface area contributed by atoms with E-state index in [-0.39, 0.29) is 5.82 Å². The van der Waals surface area contributed by atoms with E-state index in [0.717, 1.165) is 45.1 Å². The number of hydrogen-bond donors (Lipinski definition) is 1. The molecule has 1 N–H and O–H groups in total. The SMILES string of the molecule is CC(=Nc1c(C)cccc1C)C([BH2-]OC(C)(C)C(C)(C)O)C(C)=Nc1c(C)cccc1C. The van der Waals surface area contributed by atoms with E-state index in [0.29, 0.717) is 0 Å². The Hall–Kier alpha value is -2.24. The van der Waals surface area contributed by atoms with Crippen molar-refractivity contribution in [2.45, 2.75) is 86.3 Å². The second-order valence-electron chi connectivity index (χ2n) is 10.2. The molecule has 174 valence electrons. The van der Waals surface area contributed by atoms with Crippen LogP contribution in [0.5, 0.6) is 0 Å². The van der Waals surface area contributed by atoms with Gasteiger partial charge in [-0.05, 0) is 103 Å². The second-order valence-corrected chi connectivity index (χ2v) is 10.2. The van der Waals surface area contributed by atoms with Crippen LogP contribution in [-0.2, 0) is 4.65 Å². The van der Waals surface area contributed by atoms with E-state index in [1.807, 2.05) is 13.8 Å². The number of rotatable bonds is 8. The summed E-state index contributed by atoms with van der Waals surface area (Å²) in [4.78, 5) is 10.1. The molecule has 0 aliphatic rings. The molecule has 0 aromatic heterocycles. The molecule has 0 saturated carbocycles. The summed E-state index contributed by atoms with van der Waals surface area (Å²) in [6, 6.07) is 12.5. The Balaban J connectivity index is 2.51. The van der Waals surface area contributed by atoms with Crippen molar-refractivity contribution in [3.8, 4) is 0 Å². The van der Waals surface area contributed by atoms with E-state index in [4.69, 9.17) is 14.6 Å². The fraction of sp³-hybridized carbons (Fsp3) is 0.481. The van der Waals surface area contributed by atoms with Crippen molar-refractivity contribution in [1.29, 1.82) is 0 Å². The predicted molar refractivity (Wildman–Crippen MR) is 141 cm³/mol. The summed E-state index contributed by atoms with van der Waals surface area (Å²) < 4.78 is 6.41. The Morgan fingerprint density at radius 3 is 1.44 bits per heavy atom. The molecule has 0 radical (unpaired) electrons. The van der Waals surface area contributed by atoms with Crippen molar-refractivity contribution >= 4 is 30.3 Å². The highest BCUT2D eigenvalue weighted by molar-refractivity contribution is 6.48. The molecule has 0 unspecified atom stereocenters. The molecule has 0 bridgehead atoms. The first-order chi connectivity index (χ1) is 14.7. The van der Waals surface area contributed by atoms with Gasteiger partial charge in [0.2, 0.25) is 0 Å². The van der Waals surface area contributed by atoms with Crippen LogP contribution in [0.2, 0.25) is 5.82 Å². The van der Waals surface area contributed by atoms with Gasteiger partial charge >= 0.3 is 0 Å². The molecule has 0 heterocycles. The molecule has 0 atom stereocenters. The number of hydrogen-bond acceptors (Lipinski definition) is 4. The number of aryl methyl sites for hydroxylation is 4. The van der Waals surface area contributed by atoms with Crippen molar-refractivity contribution in [2.75, 3.05) is 0 Å². The zero-order valence-corrected chi connectivity index (χ0v) is 21.8. The molecule has 0 amide bonds. The van der Waals surface area contributed by atoms with Crippen molar-refractivity contribution in [3.63, 3.8) is 0 Å². The third-order valence-electron chi connectivity index (χ3n) is 7.05. The first-order valence-electron chi connectivity index (χ1n) is 11.6. The molecular weight excluding hydrogens is 395 g/mol. The van der Waals surface area contributed by atoms with Gasteiger partial charge < -0.3 is 9.76 Å². The van der Waals surface area contributed by atoms with Crippen molar-refractivity contribution < 1.29 is 9.76 Å². The van der Waals surface area contributed by atoms with Gasteiger partial charge in [-0.3, -0.25) is 9.98 Å². The largest absolute Gasteiger partial charge is 0.589 e. The summed E-state index contributed by atoms with van der Waals surface area (Å²) in [6.45, 7) is 20.0. The van der Waals surface area contributed by atoms with Gasteiger partial charge in [-0.1, -0.05) is 42.2 Å². The van der Waals surface area contributed by atoms with Gasteiger partial charge in [-0.2, -0.15) is 0 Å². The molecule has 0 aliphatic carbocycles. The maximum atomic E-state index is 10.6. The molecule has 0 saturated heterocycles. The van der Waals surface area contributed by atoms with Crippen LogP contribution in [0, 0.1) is 27.7 Å². The third-order valence-corrected chi connectivity index (χ3v) is 7.05. The van der Waals surface area contributed by atoms with Gasteiger partial charge in [0, 0.05) is 5.60 Å². The smallest absolute Gasteiger partial charge is 0.0994 e. The highest BCUT2D eigenvalue weighted by Gasteiger charge is 2.33. The first kappa shape index (κ1) is 26.0. The molecule has 0 spiro atoms. The minimum atomic E-state index is -1.00. The average molecular weight is 435 g/mol. The topological polar surface area (TPSA) is 54.2 Å². The fourth-order valence-electron chi connectivity index (χ4n) is 3.82. The molecule has 2 aromatic carbocycles. The van der Waals surface area contributed by atoms with E-state index >= 15 is 0 Å². The number of benzene rings is 2. The van der Waals surface area contributed by atoms with Gasteiger partial charge in [0.05, 0.1) is 24.5 Å². The maximum Gasteiger partial charge on any atom is 0.0994 e. The van der Waals surface area contributed by atoms with Crippen molar-refractivity contribution in [1.82, 2.24) is 0 Å². The standard InChI is InChI=1S/C27H40BN2O2/c1-17-13-11-14-18(2)24(17)29-21(5)23(28-32-27(9,10)26(7,8)31)22(6)30-25-19(3)15-12-16-20(25)4/h11-16,23,31H,28H2,1-10H3/q-1. The molecule has 32 heavy (non-hydrogen) atoms. The normalized spacial score (nSPS) is 14.6. The summed E-state index contributed by atoms with van der Waals surface area (Å²) in [5.74, 6) is 0.00892. The highest BCUT2D eigenvalue weighted by atomic mass is 16.5. The second kappa shape index (κ2) is 10.1. The van der Waals surface area contributed by atoms with Crippen LogP contribution in [0.1, 0.15) is 63.8 Å². The monoisotopic (exact) mass is 435 g/mol. The maximum absolute atomic E-state index is 10.6. The van der Waals surface area contributed by atoms with Crippen LogP contribution < -0.4 is 0 Å². The number of aliphatic imine (C=N–C) groups is 2. The molecular formula is C27H40BN2O2-. The van der Waals surface area contributed by atoms with E-state index in [2.05, 4.69) is 77.9 Å². The van der Waals surface area contributed by atoms with Crippen molar-refractivity contribution in [3.05, 3.63) is 58.7 Å². The summed E-state index contributed by atoms with van der Waals surface area (Å²) in [5, 5.41) is 10.6. The average Bonchev–Trinajstić information content (AvgIpc) is 2.67. The highest BCUT2D eigenvalue weighted by Crippen LogP contribution is 2.30. The zero-order valence-electron chi connectivity index (χ0n) is 21.8. The zero-order chi connectivity index (χ0) is 24.3. The summed E-state index contributed by atoms with van der Waals surface area (Å²) in [5.41, 5.74) is 7.05. The molecule has 2 rings (SSSR count). The number of aliphatic hydroxyl groups is 1. The van der Waals surface area contributed by atoms with Gasteiger partial charge in [0.1, 0.15) is 0 Å². The lowest BCUT2D eigenvalue weighted by molar-refractivity contribution is -0.0903. The van der Waals surface area contributed by atoms with Gasteiger partial charge in [0.15, 0.2) is 0 Å². The molecule has 0 aliphatic heterocycles. The van der Waals surface area contributed by atoms with E-state index in [9.17, 15) is 5.11 Å². The van der Waals surface area contributed by atoms with E-state index in [1.54, 1.807) is 13.8 Å². The van der Waals surface area contributed by atoms with Gasteiger partial charge in [-0.25, -0.2) is 0 Å². The van der Waals surface area contributed by atoms with Gasteiger partial charge in [0.25, 0.3) is 0 Å². The molecule has 4 nitrogen and oxygen atoms in total. The number of nitrogens with zero attached hydrogens (tertiary/aromatic N) is 2. The summed E-state index contributed by atoms with van der Waals surface area (Å²) >= 11 is 0. The quantitative estimate of drug-likeness (QED) is 0.394. The Labute approximate surface area is 195 Å². The van der Waals surface area contributed by atoms with Crippen molar-refractivity contribution in [2.24, 2.45) is 9.98 Å².